The monoisotopic (exact) mass is 232 g/mol. The maximum Gasteiger partial charge on any atom is 0.143 e. The first kappa shape index (κ1) is 12.0. The van der Waals surface area contributed by atoms with Crippen molar-refractivity contribution in [3.05, 3.63) is 29.8 Å². The third-order valence-electron chi connectivity index (χ3n) is 2.90. The molecule has 0 radical (unpaired) electrons. The van der Waals surface area contributed by atoms with Crippen LogP contribution in [0.1, 0.15) is 18.9 Å². The van der Waals surface area contributed by atoms with Crippen LogP contribution in [0.25, 0.3) is 6.08 Å². The molecule has 0 saturated carbocycles. The average molecular weight is 232 g/mol. The van der Waals surface area contributed by atoms with Crippen molar-refractivity contribution in [3.8, 4) is 5.75 Å². The number of rotatable bonds is 3. The third kappa shape index (κ3) is 2.80. The number of hydrogen-bond donors (Lipinski definition) is 1. The minimum absolute atomic E-state index is 0.256. The van der Waals surface area contributed by atoms with E-state index in [0.29, 0.717) is 6.54 Å². The van der Waals surface area contributed by atoms with Gasteiger partial charge in [0.1, 0.15) is 11.9 Å². The summed E-state index contributed by atoms with van der Waals surface area (Å²) >= 11 is 0. The van der Waals surface area contributed by atoms with Crippen LogP contribution >= 0.6 is 0 Å². The number of anilines is 1. The van der Waals surface area contributed by atoms with Crippen LogP contribution in [0.5, 0.6) is 5.75 Å². The molecule has 17 heavy (non-hydrogen) atoms. The van der Waals surface area contributed by atoms with E-state index in [2.05, 4.69) is 43.2 Å². The Balaban J connectivity index is 2.21. The molecule has 0 bridgehead atoms. The van der Waals surface area contributed by atoms with E-state index in [0.717, 1.165) is 24.4 Å². The first-order chi connectivity index (χ1) is 8.20. The summed E-state index contributed by atoms with van der Waals surface area (Å²) in [5, 5.41) is 0. The lowest BCUT2D eigenvalue weighted by Gasteiger charge is -2.32. The molecule has 92 valence electrons. The van der Waals surface area contributed by atoms with Gasteiger partial charge in [-0.15, -0.1) is 0 Å². The van der Waals surface area contributed by atoms with E-state index in [1.807, 2.05) is 6.07 Å². The second-order valence-electron chi connectivity index (χ2n) is 4.52. The van der Waals surface area contributed by atoms with Crippen LogP contribution in [-0.4, -0.2) is 26.2 Å². The fraction of sp³-hybridized carbons (Fsp3) is 0.429. The predicted molar refractivity (Wildman–Crippen MR) is 72.5 cm³/mol. The zero-order valence-corrected chi connectivity index (χ0v) is 10.5. The summed E-state index contributed by atoms with van der Waals surface area (Å²) in [5.41, 5.74) is 7.82. The predicted octanol–water partition coefficient (Wildman–Crippen LogP) is 2.27. The van der Waals surface area contributed by atoms with Crippen molar-refractivity contribution >= 4 is 11.8 Å². The minimum atomic E-state index is 0.256. The Kier molecular flexibility index (Phi) is 3.69. The Morgan fingerprint density at radius 1 is 1.53 bits per heavy atom. The molecule has 0 saturated heterocycles. The molecule has 2 rings (SSSR count). The topological polar surface area (TPSA) is 38.5 Å². The second kappa shape index (κ2) is 5.23. The maximum atomic E-state index is 5.80. The molecule has 1 aromatic carbocycles. The summed E-state index contributed by atoms with van der Waals surface area (Å²) in [6.45, 7) is 3.72. The lowest BCUT2D eigenvalue weighted by atomic mass is 10.1. The molecule has 0 fully saturated rings. The van der Waals surface area contributed by atoms with Crippen LogP contribution < -0.4 is 15.4 Å². The molecule has 1 heterocycles. The van der Waals surface area contributed by atoms with Crippen LogP contribution in [0, 0.1) is 0 Å². The highest BCUT2D eigenvalue weighted by Gasteiger charge is 2.19. The van der Waals surface area contributed by atoms with E-state index in [-0.39, 0.29) is 6.10 Å². The molecular formula is C14H20N2O. The van der Waals surface area contributed by atoms with E-state index in [1.54, 1.807) is 0 Å². The number of likely N-dealkylation sites (N-methyl/N-ethyl adjacent to an activating group) is 1. The highest BCUT2D eigenvalue weighted by molar-refractivity contribution is 5.66. The van der Waals surface area contributed by atoms with Crippen LogP contribution in [0.15, 0.2) is 24.3 Å². The Morgan fingerprint density at radius 3 is 3.12 bits per heavy atom. The highest BCUT2D eigenvalue weighted by Crippen LogP contribution is 2.33. The summed E-state index contributed by atoms with van der Waals surface area (Å²) < 4.78 is 5.80. The van der Waals surface area contributed by atoms with Crippen molar-refractivity contribution < 1.29 is 4.74 Å². The molecule has 0 aromatic heterocycles. The highest BCUT2D eigenvalue weighted by atomic mass is 16.5. The lowest BCUT2D eigenvalue weighted by Crippen LogP contribution is -2.35. The molecule has 3 heteroatoms. The van der Waals surface area contributed by atoms with Crippen LogP contribution in [0.2, 0.25) is 0 Å². The second-order valence-corrected chi connectivity index (χ2v) is 4.52. The van der Waals surface area contributed by atoms with Crippen molar-refractivity contribution in [2.75, 3.05) is 25.0 Å². The quantitative estimate of drug-likeness (QED) is 0.868. The molecule has 1 atom stereocenters. The molecule has 0 aliphatic carbocycles. The molecule has 1 unspecified atom stereocenters. The van der Waals surface area contributed by atoms with Crippen molar-refractivity contribution in [1.82, 2.24) is 0 Å². The molecule has 0 amide bonds. The van der Waals surface area contributed by atoms with Crippen LogP contribution in [0.3, 0.4) is 0 Å². The van der Waals surface area contributed by atoms with Crippen molar-refractivity contribution in [2.24, 2.45) is 5.73 Å². The Labute approximate surface area is 103 Å². The van der Waals surface area contributed by atoms with E-state index in [1.165, 1.54) is 5.56 Å². The molecule has 3 nitrogen and oxygen atoms in total. The van der Waals surface area contributed by atoms with Crippen molar-refractivity contribution in [2.45, 2.75) is 19.4 Å². The van der Waals surface area contributed by atoms with Gasteiger partial charge in [-0.1, -0.05) is 18.2 Å². The first-order valence-electron chi connectivity index (χ1n) is 6.09. The Morgan fingerprint density at radius 2 is 2.35 bits per heavy atom. The van der Waals surface area contributed by atoms with Crippen molar-refractivity contribution in [1.29, 1.82) is 0 Å². The summed E-state index contributed by atoms with van der Waals surface area (Å²) in [4.78, 5) is 2.24. The fourth-order valence-electron chi connectivity index (χ4n) is 2.09. The average Bonchev–Trinajstić information content (AvgIpc) is 2.30. The van der Waals surface area contributed by atoms with E-state index < -0.39 is 0 Å². The molecular weight excluding hydrogens is 212 g/mol. The van der Waals surface area contributed by atoms with Gasteiger partial charge in [-0.3, -0.25) is 0 Å². The van der Waals surface area contributed by atoms with Gasteiger partial charge in [0.15, 0.2) is 0 Å². The van der Waals surface area contributed by atoms with Gasteiger partial charge in [0.05, 0.1) is 12.2 Å². The minimum Gasteiger partial charge on any atom is -0.487 e. The normalized spacial score (nSPS) is 19.2. The zero-order chi connectivity index (χ0) is 12.3. The largest absolute Gasteiger partial charge is 0.487 e. The fourth-order valence-corrected chi connectivity index (χ4v) is 2.09. The summed E-state index contributed by atoms with van der Waals surface area (Å²) in [6.07, 6.45) is 5.39. The summed E-state index contributed by atoms with van der Waals surface area (Å²) in [5.74, 6) is 0.974. The molecule has 0 spiro atoms. The molecule has 1 aromatic rings. The maximum absolute atomic E-state index is 5.80. The van der Waals surface area contributed by atoms with Gasteiger partial charge in [-0.05, 0) is 37.6 Å². The van der Waals surface area contributed by atoms with Gasteiger partial charge >= 0.3 is 0 Å². The summed E-state index contributed by atoms with van der Waals surface area (Å²) in [7, 11) is 2.10. The number of hydrogen-bond acceptors (Lipinski definition) is 3. The number of nitrogens with two attached hydrogens (primary N) is 1. The van der Waals surface area contributed by atoms with Gasteiger partial charge in [0.25, 0.3) is 0 Å². The smallest absolute Gasteiger partial charge is 0.143 e. The van der Waals surface area contributed by atoms with Gasteiger partial charge in [0, 0.05) is 7.05 Å². The number of fused-ring (bicyclic) bond motifs is 1. The zero-order valence-electron chi connectivity index (χ0n) is 10.5. The lowest BCUT2D eigenvalue weighted by molar-refractivity contribution is 0.215. The Bertz CT molecular complexity index is 415. The summed E-state index contributed by atoms with van der Waals surface area (Å²) in [6, 6.07) is 6.29. The molecule has 1 aliphatic heterocycles. The van der Waals surface area contributed by atoms with Gasteiger partial charge in [0.2, 0.25) is 0 Å². The first-order valence-corrected chi connectivity index (χ1v) is 6.09. The van der Waals surface area contributed by atoms with Gasteiger partial charge in [-0.2, -0.15) is 0 Å². The number of nitrogens with zero attached hydrogens (tertiary/aromatic N) is 1. The van der Waals surface area contributed by atoms with E-state index in [4.69, 9.17) is 10.5 Å². The van der Waals surface area contributed by atoms with Crippen LogP contribution in [-0.2, 0) is 0 Å². The van der Waals surface area contributed by atoms with Gasteiger partial charge < -0.3 is 15.4 Å². The molecule has 1 aliphatic rings. The number of benzene rings is 1. The Hall–Kier alpha value is -1.48. The SMILES string of the molecule is CC1CN(C)c2cc(/C=C/CCN)ccc2O1. The van der Waals surface area contributed by atoms with Crippen molar-refractivity contribution in [3.63, 3.8) is 0 Å². The van der Waals surface area contributed by atoms with Gasteiger partial charge in [-0.25, -0.2) is 0 Å². The number of ether oxygens (including phenoxy) is 1. The van der Waals surface area contributed by atoms with E-state index in [9.17, 15) is 0 Å². The third-order valence-corrected chi connectivity index (χ3v) is 2.90. The van der Waals surface area contributed by atoms with Crippen LogP contribution in [0.4, 0.5) is 5.69 Å². The molecule has 2 N–H and O–H groups in total. The standard InChI is InChI=1S/C14H20N2O/c1-11-10-16(2)13-9-12(5-3-4-8-15)6-7-14(13)17-11/h3,5-7,9,11H,4,8,10,15H2,1-2H3/b5-3+. The van der Waals surface area contributed by atoms with E-state index >= 15 is 0 Å².